The largest absolute Gasteiger partial charge is 0.506 e. The summed E-state index contributed by atoms with van der Waals surface area (Å²) in [5, 5.41) is 10.6. The Balaban J connectivity index is 2.70. The molecular formula is C11H6O4. The lowest BCUT2D eigenvalue weighted by atomic mass is 10.1. The van der Waals surface area contributed by atoms with Crippen molar-refractivity contribution in [3.63, 3.8) is 0 Å². The molecule has 4 heteroatoms. The van der Waals surface area contributed by atoms with Crippen molar-refractivity contribution in [3.8, 4) is 5.75 Å². The van der Waals surface area contributed by atoms with Crippen molar-refractivity contribution in [2.75, 3.05) is 0 Å². The molecule has 2 aromatic heterocycles. The van der Waals surface area contributed by atoms with E-state index >= 15 is 0 Å². The van der Waals surface area contributed by atoms with Crippen LogP contribution in [0.1, 0.15) is 0 Å². The zero-order chi connectivity index (χ0) is 10.4. The van der Waals surface area contributed by atoms with Crippen LogP contribution in [0.3, 0.4) is 0 Å². The summed E-state index contributed by atoms with van der Waals surface area (Å²) in [5.41, 5.74) is 0.550. The normalized spacial score (nSPS) is 11.2. The van der Waals surface area contributed by atoms with E-state index in [1.807, 2.05) is 0 Å². The van der Waals surface area contributed by atoms with E-state index in [0.29, 0.717) is 16.6 Å². The summed E-state index contributed by atoms with van der Waals surface area (Å²) in [7, 11) is 0. The van der Waals surface area contributed by atoms with Crippen molar-refractivity contribution in [3.05, 3.63) is 40.9 Å². The standard InChI is InChI=1S/C11H6O4/c12-7-2-4-15-9-5-8-6(1-3-14-8)11(13)10(7)9/h1-5,13H. The molecule has 3 aromatic rings. The fraction of sp³-hybridized carbons (Fsp3) is 0. The lowest BCUT2D eigenvalue weighted by Gasteiger charge is -1.99. The van der Waals surface area contributed by atoms with Crippen LogP contribution in [0.25, 0.3) is 21.9 Å². The SMILES string of the molecule is O=c1ccoc2cc3occc3c(O)c12. The van der Waals surface area contributed by atoms with Gasteiger partial charge in [-0.2, -0.15) is 0 Å². The Labute approximate surface area is 83.3 Å². The van der Waals surface area contributed by atoms with Crippen molar-refractivity contribution < 1.29 is 13.9 Å². The zero-order valence-corrected chi connectivity index (χ0v) is 7.56. The number of benzene rings is 1. The van der Waals surface area contributed by atoms with Gasteiger partial charge in [-0.25, -0.2) is 0 Å². The molecule has 0 amide bonds. The number of phenols is 1. The van der Waals surface area contributed by atoms with E-state index in [1.165, 1.54) is 18.6 Å². The molecule has 0 unspecified atom stereocenters. The molecule has 3 rings (SSSR count). The van der Waals surface area contributed by atoms with Gasteiger partial charge in [0.15, 0.2) is 5.43 Å². The lowest BCUT2D eigenvalue weighted by Crippen LogP contribution is -1.98. The van der Waals surface area contributed by atoms with Crippen LogP contribution in [0.5, 0.6) is 5.75 Å². The number of fused-ring (bicyclic) bond motifs is 2. The highest BCUT2D eigenvalue weighted by molar-refractivity contribution is 6.00. The van der Waals surface area contributed by atoms with Gasteiger partial charge in [0.1, 0.15) is 22.3 Å². The van der Waals surface area contributed by atoms with Crippen LogP contribution in [0.4, 0.5) is 0 Å². The predicted molar refractivity (Wildman–Crippen MR) is 53.9 cm³/mol. The third kappa shape index (κ3) is 0.985. The van der Waals surface area contributed by atoms with Crippen LogP contribution in [0.15, 0.2) is 44.4 Å². The first kappa shape index (κ1) is 8.11. The van der Waals surface area contributed by atoms with Gasteiger partial charge in [-0.15, -0.1) is 0 Å². The second-order valence-electron chi connectivity index (χ2n) is 3.22. The summed E-state index contributed by atoms with van der Waals surface area (Å²) in [4.78, 5) is 11.5. The Kier molecular flexibility index (Phi) is 1.42. The van der Waals surface area contributed by atoms with Crippen molar-refractivity contribution >= 4 is 21.9 Å². The van der Waals surface area contributed by atoms with Crippen molar-refractivity contribution in [1.29, 1.82) is 0 Å². The highest BCUT2D eigenvalue weighted by Gasteiger charge is 2.12. The van der Waals surface area contributed by atoms with E-state index in [4.69, 9.17) is 8.83 Å². The number of aromatic hydroxyl groups is 1. The van der Waals surface area contributed by atoms with Gasteiger partial charge in [0.2, 0.25) is 0 Å². The molecule has 0 saturated carbocycles. The molecule has 0 spiro atoms. The summed E-state index contributed by atoms with van der Waals surface area (Å²) in [6.07, 6.45) is 2.74. The molecule has 15 heavy (non-hydrogen) atoms. The first-order valence-corrected chi connectivity index (χ1v) is 4.38. The maximum absolute atomic E-state index is 11.5. The van der Waals surface area contributed by atoms with E-state index in [0.717, 1.165) is 0 Å². The fourth-order valence-corrected chi connectivity index (χ4v) is 1.65. The maximum Gasteiger partial charge on any atom is 0.196 e. The maximum atomic E-state index is 11.5. The van der Waals surface area contributed by atoms with Gasteiger partial charge in [0.05, 0.1) is 17.9 Å². The van der Waals surface area contributed by atoms with Gasteiger partial charge >= 0.3 is 0 Å². The molecule has 0 bridgehead atoms. The van der Waals surface area contributed by atoms with E-state index in [2.05, 4.69) is 0 Å². The van der Waals surface area contributed by atoms with Crippen LogP contribution in [0.2, 0.25) is 0 Å². The highest BCUT2D eigenvalue weighted by Crippen LogP contribution is 2.32. The Bertz CT molecular complexity index is 705. The van der Waals surface area contributed by atoms with Crippen LogP contribution in [-0.4, -0.2) is 5.11 Å². The molecule has 0 aliphatic heterocycles. The molecule has 0 aliphatic rings. The van der Waals surface area contributed by atoms with Gasteiger partial charge in [0.25, 0.3) is 0 Å². The minimum atomic E-state index is -0.267. The van der Waals surface area contributed by atoms with Crippen LogP contribution < -0.4 is 5.43 Å². The third-order valence-corrected chi connectivity index (χ3v) is 2.36. The van der Waals surface area contributed by atoms with Gasteiger partial charge < -0.3 is 13.9 Å². The molecular weight excluding hydrogens is 196 g/mol. The molecule has 4 nitrogen and oxygen atoms in total. The van der Waals surface area contributed by atoms with E-state index in [1.54, 1.807) is 12.1 Å². The molecule has 0 aliphatic carbocycles. The topological polar surface area (TPSA) is 63.6 Å². The zero-order valence-electron chi connectivity index (χ0n) is 7.56. The molecule has 0 radical (unpaired) electrons. The molecule has 1 N–H and O–H groups in total. The average Bonchev–Trinajstić information content (AvgIpc) is 2.66. The fourth-order valence-electron chi connectivity index (χ4n) is 1.65. The lowest BCUT2D eigenvalue weighted by molar-refractivity contribution is 0.485. The quantitative estimate of drug-likeness (QED) is 0.607. The minimum absolute atomic E-state index is 0.0920. The number of hydrogen-bond donors (Lipinski definition) is 1. The Morgan fingerprint density at radius 1 is 1.07 bits per heavy atom. The predicted octanol–water partition coefficient (Wildman–Crippen LogP) is 2.24. The number of furan rings is 1. The monoisotopic (exact) mass is 202 g/mol. The number of hydrogen-bond acceptors (Lipinski definition) is 4. The molecule has 74 valence electrons. The molecule has 2 heterocycles. The highest BCUT2D eigenvalue weighted by atomic mass is 16.3. The second kappa shape index (κ2) is 2.63. The van der Waals surface area contributed by atoms with Gasteiger partial charge in [0, 0.05) is 12.1 Å². The van der Waals surface area contributed by atoms with Crippen molar-refractivity contribution in [2.24, 2.45) is 0 Å². The van der Waals surface area contributed by atoms with E-state index in [-0.39, 0.29) is 16.6 Å². The second-order valence-corrected chi connectivity index (χ2v) is 3.22. The molecule has 0 atom stereocenters. The molecule has 0 fully saturated rings. The summed E-state index contributed by atoms with van der Waals surface area (Å²) in [6.45, 7) is 0. The first-order chi connectivity index (χ1) is 7.27. The average molecular weight is 202 g/mol. The number of rotatable bonds is 0. The summed E-state index contributed by atoms with van der Waals surface area (Å²) < 4.78 is 10.3. The summed E-state index contributed by atoms with van der Waals surface area (Å²) in [5.74, 6) is -0.0920. The van der Waals surface area contributed by atoms with Gasteiger partial charge in [-0.05, 0) is 6.07 Å². The number of phenolic OH excluding ortho intramolecular Hbond substituents is 1. The van der Waals surface area contributed by atoms with Crippen LogP contribution in [-0.2, 0) is 0 Å². The third-order valence-electron chi connectivity index (χ3n) is 2.36. The van der Waals surface area contributed by atoms with E-state index < -0.39 is 0 Å². The van der Waals surface area contributed by atoms with Crippen LogP contribution >= 0.6 is 0 Å². The summed E-state index contributed by atoms with van der Waals surface area (Å²) in [6, 6.07) is 4.47. The van der Waals surface area contributed by atoms with Gasteiger partial charge in [-0.3, -0.25) is 4.79 Å². The smallest absolute Gasteiger partial charge is 0.196 e. The van der Waals surface area contributed by atoms with Crippen LogP contribution in [0, 0.1) is 0 Å². The summed E-state index contributed by atoms with van der Waals surface area (Å²) >= 11 is 0. The molecule has 1 aromatic carbocycles. The van der Waals surface area contributed by atoms with Crippen molar-refractivity contribution in [1.82, 2.24) is 0 Å². The van der Waals surface area contributed by atoms with E-state index in [9.17, 15) is 9.90 Å². The Hall–Kier alpha value is -2.23. The first-order valence-electron chi connectivity index (χ1n) is 4.38. The Morgan fingerprint density at radius 2 is 1.80 bits per heavy atom. The minimum Gasteiger partial charge on any atom is -0.506 e. The Morgan fingerprint density at radius 3 is 2.67 bits per heavy atom. The molecule has 0 saturated heterocycles. The van der Waals surface area contributed by atoms with Crippen molar-refractivity contribution in [2.45, 2.75) is 0 Å². The van der Waals surface area contributed by atoms with Gasteiger partial charge in [-0.1, -0.05) is 0 Å².